The third kappa shape index (κ3) is 4.99. The summed E-state index contributed by atoms with van der Waals surface area (Å²) in [4.78, 5) is 14.2. The van der Waals surface area contributed by atoms with Crippen LogP contribution in [0.25, 0.3) is 27.6 Å². The van der Waals surface area contributed by atoms with E-state index in [-0.39, 0.29) is 5.78 Å². The van der Waals surface area contributed by atoms with Gasteiger partial charge in [-0.1, -0.05) is 24.3 Å². The highest BCUT2D eigenvalue weighted by atomic mass is 32.1. The summed E-state index contributed by atoms with van der Waals surface area (Å²) in [7, 11) is 4.83. The number of ketones is 1. The molecule has 0 aliphatic carbocycles. The molecule has 166 valence electrons. The van der Waals surface area contributed by atoms with Gasteiger partial charge in [0.05, 0.1) is 26.9 Å². The molecular weight excluding hydrogens is 432 g/mol. The Bertz CT molecular complexity index is 1290. The quantitative estimate of drug-likeness (QED) is 0.211. The average molecular weight is 457 g/mol. The molecule has 0 saturated carbocycles. The zero-order valence-corrected chi connectivity index (χ0v) is 19.5. The molecule has 0 fully saturated rings. The molecule has 0 bridgehead atoms. The van der Waals surface area contributed by atoms with E-state index in [1.165, 1.54) is 0 Å². The zero-order chi connectivity index (χ0) is 23.2. The van der Waals surface area contributed by atoms with E-state index in [2.05, 4.69) is 6.07 Å². The molecule has 4 nitrogen and oxygen atoms in total. The number of carbonyl (C=O) groups is 1. The number of methoxy groups -OCH3 is 3. The smallest absolute Gasteiger partial charge is 0.189 e. The lowest BCUT2D eigenvalue weighted by Crippen LogP contribution is -1.99. The maximum absolute atomic E-state index is 13.0. The van der Waals surface area contributed by atoms with Gasteiger partial charge in [0.2, 0.25) is 0 Å². The second-order valence-corrected chi connectivity index (χ2v) is 8.23. The Labute approximate surface area is 197 Å². The van der Waals surface area contributed by atoms with Crippen LogP contribution in [-0.2, 0) is 0 Å². The Hall–Kier alpha value is -3.83. The van der Waals surface area contributed by atoms with Gasteiger partial charge in [-0.15, -0.1) is 11.3 Å². The van der Waals surface area contributed by atoms with E-state index in [1.807, 2.05) is 66.0 Å². The first-order valence-corrected chi connectivity index (χ1v) is 11.3. The summed E-state index contributed by atoms with van der Waals surface area (Å²) in [5.74, 6) is 1.85. The lowest BCUT2D eigenvalue weighted by atomic mass is 10.00. The fraction of sp³-hybridized carbons (Fsp3) is 0.107. The van der Waals surface area contributed by atoms with Gasteiger partial charge in [-0.25, -0.2) is 0 Å². The first-order valence-electron chi connectivity index (χ1n) is 10.4. The number of rotatable bonds is 8. The lowest BCUT2D eigenvalue weighted by molar-refractivity contribution is 0.104. The largest absolute Gasteiger partial charge is 0.497 e. The molecule has 0 amide bonds. The van der Waals surface area contributed by atoms with Gasteiger partial charge in [0.1, 0.15) is 17.2 Å². The van der Waals surface area contributed by atoms with Crippen LogP contribution in [0.2, 0.25) is 0 Å². The standard InChI is InChI=1S/C28H24O4S/c1-30-23-7-4-6-19(17-23)20-9-12-24(27(18-20)32-3)25(29)13-10-21-16-22(11-14-26(21)31-2)28-8-5-15-33-28/h4-18H,1-3H3/b13-10+. The van der Waals surface area contributed by atoms with Crippen molar-refractivity contribution in [1.82, 2.24) is 0 Å². The molecule has 1 heterocycles. The van der Waals surface area contributed by atoms with Crippen LogP contribution in [-0.4, -0.2) is 27.1 Å². The predicted molar refractivity (Wildman–Crippen MR) is 135 cm³/mol. The third-order valence-corrected chi connectivity index (χ3v) is 6.24. The maximum Gasteiger partial charge on any atom is 0.189 e. The fourth-order valence-corrected chi connectivity index (χ4v) is 4.32. The molecule has 0 N–H and O–H groups in total. The average Bonchev–Trinajstić information content (AvgIpc) is 3.42. The number of hydrogen-bond acceptors (Lipinski definition) is 5. The normalized spacial score (nSPS) is 10.9. The Balaban J connectivity index is 1.62. The molecule has 5 heteroatoms. The first kappa shape index (κ1) is 22.4. The lowest BCUT2D eigenvalue weighted by Gasteiger charge is -2.10. The van der Waals surface area contributed by atoms with E-state index in [9.17, 15) is 4.79 Å². The number of allylic oxidation sites excluding steroid dienone is 1. The summed E-state index contributed by atoms with van der Waals surface area (Å²) < 4.78 is 16.3. The van der Waals surface area contributed by atoms with Crippen molar-refractivity contribution in [1.29, 1.82) is 0 Å². The van der Waals surface area contributed by atoms with Crippen molar-refractivity contribution >= 4 is 23.2 Å². The highest BCUT2D eigenvalue weighted by Crippen LogP contribution is 2.32. The Morgan fingerprint density at radius 3 is 2.27 bits per heavy atom. The van der Waals surface area contributed by atoms with Gasteiger partial charge in [-0.3, -0.25) is 4.79 Å². The van der Waals surface area contributed by atoms with Crippen molar-refractivity contribution in [3.63, 3.8) is 0 Å². The van der Waals surface area contributed by atoms with Gasteiger partial charge in [-0.05, 0) is 82.8 Å². The van der Waals surface area contributed by atoms with Gasteiger partial charge in [0.25, 0.3) is 0 Å². The molecular formula is C28H24O4S. The SMILES string of the molecule is COc1cccc(-c2ccc(C(=O)/C=C/c3cc(-c4cccs4)ccc3OC)c(OC)c2)c1. The predicted octanol–water partition coefficient (Wildman–Crippen LogP) is 7.00. The molecule has 0 saturated heterocycles. The van der Waals surface area contributed by atoms with E-state index >= 15 is 0 Å². The molecule has 33 heavy (non-hydrogen) atoms. The Kier molecular flexibility index (Phi) is 6.91. The maximum atomic E-state index is 13.0. The van der Waals surface area contributed by atoms with Gasteiger partial charge in [0, 0.05) is 10.4 Å². The highest BCUT2D eigenvalue weighted by molar-refractivity contribution is 7.13. The minimum Gasteiger partial charge on any atom is -0.497 e. The van der Waals surface area contributed by atoms with E-state index in [4.69, 9.17) is 14.2 Å². The molecule has 0 radical (unpaired) electrons. The van der Waals surface area contributed by atoms with Crippen molar-refractivity contribution in [2.75, 3.05) is 21.3 Å². The van der Waals surface area contributed by atoms with E-state index in [1.54, 1.807) is 50.9 Å². The van der Waals surface area contributed by atoms with Crippen molar-refractivity contribution in [2.45, 2.75) is 0 Å². The minimum absolute atomic E-state index is 0.146. The second kappa shape index (κ2) is 10.2. The van der Waals surface area contributed by atoms with Crippen LogP contribution in [0.15, 0.2) is 84.3 Å². The van der Waals surface area contributed by atoms with Crippen molar-refractivity contribution in [3.05, 3.63) is 95.4 Å². The van der Waals surface area contributed by atoms with Gasteiger partial charge >= 0.3 is 0 Å². The molecule has 4 aromatic rings. The Morgan fingerprint density at radius 1 is 0.758 bits per heavy atom. The minimum atomic E-state index is -0.146. The van der Waals surface area contributed by atoms with Crippen molar-refractivity contribution < 1.29 is 19.0 Å². The van der Waals surface area contributed by atoms with Crippen molar-refractivity contribution in [2.24, 2.45) is 0 Å². The summed E-state index contributed by atoms with van der Waals surface area (Å²) >= 11 is 1.67. The fourth-order valence-electron chi connectivity index (χ4n) is 3.59. The molecule has 0 atom stereocenters. The third-order valence-electron chi connectivity index (χ3n) is 5.32. The molecule has 1 aromatic heterocycles. The summed E-state index contributed by atoms with van der Waals surface area (Å²) in [6, 6.07) is 23.4. The van der Waals surface area contributed by atoms with Crippen LogP contribution in [0, 0.1) is 0 Å². The molecule has 0 unspecified atom stereocenters. The highest BCUT2D eigenvalue weighted by Gasteiger charge is 2.13. The van der Waals surface area contributed by atoms with Crippen molar-refractivity contribution in [3.8, 4) is 38.8 Å². The van der Waals surface area contributed by atoms with Gasteiger partial charge in [0.15, 0.2) is 5.78 Å². The number of ether oxygens (including phenoxy) is 3. The first-order chi connectivity index (χ1) is 16.1. The number of carbonyl (C=O) groups excluding carboxylic acids is 1. The Morgan fingerprint density at radius 2 is 1.55 bits per heavy atom. The molecule has 0 aliphatic rings. The van der Waals surface area contributed by atoms with Crippen LogP contribution >= 0.6 is 11.3 Å². The van der Waals surface area contributed by atoms with Crippen LogP contribution in [0.5, 0.6) is 17.2 Å². The summed E-state index contributed by atoms with van der Waals surface area (Å²) in [6.45, 7) is 0. The van der Waals surface area contributed by atoms with Gasteiger partial charge in [-0.2, -0.15) is 0 Å². The topological polar surface area (TPSA) is 44.8 Å². The molecule has 0 spiro atoms. The number of benzene rings is 3. The van der Waals surface area contributed by atoms with Crippen LogP contribution in [0.4, 0.5) is 0 Å². The van der Waals surface area contributed by atoms with Crippen LogP contribution in [0.3, 0.4) is 0 Å². The second-order valence-electron chi connectivity index (χ2n) is 7.28. The monoisotopic (exact) mass is 456 g/mol. The van der Waals surface area contributed by atoms with E-state index in [0.717, 1.165) is 32.9 Å². The summed E-state index contributed by atoms with van der Waals surface area (Å²) in [6.07, 6.45) is 3.34. The summed E-state index contributed by atoms with van der Waals surface area (Å²) in [5, 5.41) is 2.04. The van der Waals surface area contributed by atoms with E-state index in [0.29, 0.717) is 17.1 Å². The zero-order valence-electron chi connectivity index (χ0n) is 18.7. The van der Waals surface area contributed by atoms with Gasteiger partial charge < -0.3 is 14.2 Å². The molecule has 3 aromatic carbocycles. The van der Waals surface area contributed by atoms with Crippen LogP contribution < -0.4 is 14.2 Å². The molecule has 4 rings (SSSR count). The van der Waals surface area contributed by atoms with E-state index < -0.39 is 0 Å². The number of thiophene rings is 1. The van der Waals surface area contributed by atoms with Crippen LogP contribution in [0.1, 0.15) is 15.9 Å². The molecule has 0 aliphatic heterocycles. The summed E-state index contributed by atoms with van der Waals surface area (Å²) in [5.41, 5.74) is 4.34. The number of hydrogen-bond donors (Lipinski definition) is 0.